The molecule has 6 nitrogen and oxygen atoms in total. The van der Waals surface area contributed by atoms with Crippen LogP contribution < -0.4 is 4.74 Å². The van der Waals surface area contributed by atoms with Crippen molar-refractivity contribution in [2.24, 2.45) is 0 Å². The number of carbonyl (C=O) groups excluding carboxylic acids is 1. The number of rotatable bonds is 6. The molecule has 0 saturated carbocycles. The average molecular weight is 361 g/mol. The third-order valence-corrected chi connectivity index (χ3v) is 4.39. The monoisotopic (exact) mass is 361 g/mol. The van der Waals surface area contributed by atoms with Gasteiger partial charge in [0.1, 0.15) is 17.6 Å². The zero-order chi connectivity index (χ0) is 17.9. The van der Waals surface area contributed by atoms with E-state index >= 15 is 0 Å². The number of hydrogen-bond donors (Lipinski definition) is 0. The molecule has 2 aromatic carbocycles. The molecule has 0 aliphatic carbocycles. The molecule has 1 atom stereocenters. The maximum Gasteiger partial charge on any atom is 0.264 e. The maximum atomic E-state index is 12.0. The van der Waals surface area contributed by atoms with Gasteiger partial charge in [-0.25, -0.2) is 0 Å². The first-order valence-corrected chi connectivity index (χ1v) is 9.68. The van der Waals surface area contributed by atoms with Gasteiger partial charge in [0.15, 0.2) is 0 Å². The highest BCUT2D eigenvalue weighted by atomic mass is 32.2. The lowest BCUT2D eigenvalue weighted by atomic mass is 10.2. The van der Waals surface area contributed by atoms with E-state index in [0.717, 1.165) is 17.6 Å². The molecule has 0 bridgehead atoms. The highest BCUT2D eigenvalue weighted by Gasteiger charge is 2.32. The summed E-state index contributed by atoms with van der Waals surface area (Å²) in [6, 6.07) is 16.9. The van der Waals surface area contributed by atoms with Crippen molar-refractivity contribution >= 4 is 16.0 Å². The van der Waals surface area contributed by atoms with Crippen molar-refractivity contribution in [3.05, 3.63) is 60.2 Å². The molecular weight excluding hydrogens is 342 g/mol. The Hall–Kier alpha value is -2.38. The van der Waals surface area contributed by atoms with Gasteiger partial charge in [0.2, 0.25) is 5.91 Å². The molecule has 25 heavy (non-hydrogen) atoms. The molecule has 1 aliphatic rings. The highest BCUT2D eigenvalue weighted by Crippen LogP contribution is 2.23. The van der Waals surface area contributed by atoms with Gasteiger partial charge in [-0.1, -0.05) is 30.3 Å². The quantitative estimate of drug-likeness (QED) is 0.740. The fourth-order valence-corrected chi connectivity index (χ4v) is 3.33. The molecule has 1 fully saturated rings. The average Bonchev–Trinajstić information content (AvgIpc) is 2.87. The molecule has 3 rings (SSSR count). The summed E-state index contributed by atoms with van der Waals surface area (Å²) in [6.45, 7) is 0.683. The molecule has 0 unspecified atom stereocenters. The lowest BCUT2D eigenvalue weighted by molar-refractivity contribution is -0.128. The zero-order valence-electron chi connectivity index (χ0n) is 13.8. The molecular formula is C18H19NO5S. The molecule has 0 N–H and O–H groups in total. The van der Waals surface area contributed by atoms with Crippen molar-refractivity contribution in [3.63, 3.8) is 0 Å². The number of amides is 1. The van der Waals surface area contributed by atoms with Gasteiger partial charge in [0.25, 0.3) is 10.1 Å². The number of nitrogens with zero attached hydrogens (tertiary/aromatic N) is 1. The Kier molecular flexibility index (Phi) is 5.06. The van der Waals surface area contributed by atoms with Crippen LogP contribution in [-0.2, 0) is 25.6 Å². The predicted molar refractivity (Wildman–Crippen MR) is 92.7 cm³/mol. The van der Waals surface area contributed by atoms with Crippen LogP contribution in [0.3, 0.4) is 0 Å². The normalized spacial score (nSPS) is 17.7. The largest absolute Gasteiger partial charge is 0.457 e. The van der Waals surface area contributed by atoms with Crippen LogP contribution in [0.25, 0.3) is 0 Å². The van der Waals surface area contributed by atoms with Crippen molar-refractivity contribution in [2.45, 2.75) is 19.1 Å². The first kappa shape index (κ1) is 17.4. The standard InChI is InChI=1S/C18H19NO5S/c1-25(21,22)24-17-11-18(20)19(13-17)12-14-7-9-16(10-8-14)23-15-5-3-2-4-6-15/h2-10,17H,11-13H2,1H3/t17-/m1/s1. The molecule has 1 aliphatic heterocycles. The number of carbonyl (C=O) groups is 1. The van der Waals surface area contributed by atoms with Gasteiger partial charge in [0, 0.05) is 13.1 Å². The van der Waals surface area contributed by atoms with Gasteiger partial charge in [-0.2, -0.15) is 8.42 Å². The van der Waals surface area contributed by atoms with E-state index in [9.17, 15) is 13.2 Å². The summed E-state index contributed by atoms with van der Waals surface area (Å²) < 4.78 is 33.0. The lowest BCUT2D eigenvalue weighted by Gasteiger charge is -2.16. The summed E-state index contributed by atoms with van der Waals surface area (Å²) in [5.74, 6) is 1.35. The Balaban J connectivity index is 1.59. The number of benzene rings is 2. The third kappa shape index (κ3) is 5.04. The van der Waals surface area contributed by atoms with Crippen LogP contribution in [0.4, 0.5) is 0 Å². The highest BCUT2D eigenvalue weighted by molar-refractivity contribution is 7.86. The Labute approximate surface area is 147 Å². The summed E-state index contributed by atoms with van der Waals surface area (Å²) in [6.07, 6.45) is 0.469. The number of para-hydroxylation sites is 1. The molecule has 132 valence electrons. The summed E-state index contributed by atoms with van der Waals surface area (Å²) in [5, 5.41) is 0. The first-order chi connectivity index (χ1) is 11.9. The molecule has 1 amide bonds. The van der Waals surface area contributed by atoms with Crippen LogP contribution in [0.15, 0.2) is 54.6 Å². The van der Waals surface area contributed by atoms with Crippen LogP contribution in [0.2, 0.25) is 0 Å². The minimum atomic E-state index is -3.56. The van der Waals surface area contributed by atoms with E-state index in [2.05, 4.69) is 0 Å². The van der Waals surface area contributed by atoms with Crippen LogP contribution in [0.5, 0.6) is 11.5 Å². The molecule has 0 aromatic heterocycles. The van der Waals surface area contributed by atoms with Crippen molar-refractivity contribution in [2.75, 3.05) is 12.8 Å². The Morgan fingerprint density at radius 2 is 1.68 bits per heavy atom. The van der Waals surface area contributed by atoms with Crippen molar-refractivity contribution < 1.29 is 22.1 Å². The minimum absolute atomic E-state index is 0.0856. The molecule has 0 spiro atoms. The maximum absolute atomic E-state index is 12.0. The van der Waals surface area contributed by atoms with Crippen molar-refractivity contribution in [3.8, 4) is 11.5 Å². The second kappa shape index (κ2) is 7.25. The van der Waals surface area contributed by atoms with E-state index in [-0.39, 0.29) is 18.9 Å². The second-order valence-electron chi connectivity index (χ2n) is 5.96. The fraction of sp³-hybridized carbons (Fsp3) is 0.278. The van der Waals surface area contributed by atoms with Crippen LogP contribution >= 0.6 is 0 Å². The molecule has 0 radical (unpaired) electrons. The number of likely N-dealkylation sites (tertiary alicyclic amines) is 1. The fourth-order valence-electron chi connectivity index (χ4n) is 2.71. The number of ether oxygens (including phenoxy) is 1. The molecule has 2 aromatic rings. The third-order valence-electron chi connectivity index (χ3n) is 3.77. The summed E-state index contributed by atoms with van der Waals surface area (Å²) >= 11 is 0. The smallest absolute Gasteiger partial charge is 0.264 e. The minimum Gasteiger partial charge on any atom is -0.457 e. The van der Waals surface area contributed by atoms with E-state index < -0.39 is 16.2 Å². The van der Waals surface area contributed by atoms with E-state index in [4.69, 9.17) is 8.92 Å². The topological polar surface area (TPSA) is 72.9 Å². The first-order valence-electron chi connectivity index (χ1n) is 7.87. The van der Waals surface area contributed by atoms with E-state index in [1.807, 2.05) is 54.6 Å². The van der Waals surface area contributed by atoms with Crippen molar-refractivity contribution in [1.82, 2.24) is 4.90 Å². The lowest BCUT2D eigenvalue weighted by Crippen LogP contribution is -2.26. The zero-order valence-corrected chi connectivity index (χ0v) is 14.6. The molecule has 1 saturated heterocycles. The Bertz CT molecular complexity index is 834. The SMILES string of the molecule is CS(=O)(=O)O[C@@H]1CC(=O)N(Cc2ccc(Oc3ccccc3)cc2)C1. The van der Waals surface area contributed by atoms with Crippen molar-refractivity contribution in [1.29, 1.82) is 0 Å². The predicted octanol–water partition coefficient (Wildman–Crippen LogP) is 2.56. The van der Waals surface area contributed by atoms with Gasteiger partial charge in [-0.05, 0) is 29.8 Å². The Morgan fingerprint density at radius 3 is 2.32 bits per heavy atom. The molecule has 1 heterocycles. The van der Waals surface area contributed by atoms with Crippen LogP contribution in [0.1, 0.15) is 12.0 Å². The van der Waals surface area contributed by atoms with E-state index in [1.165, 1.54) is 0 Å². The summed E-state index contributed by atoms with van der Waals surface area (Å²) in [5.41, 5.74) is 0.939. The summed E-state index contributed by atoms with van der Waals surface area (Å²) in [4.78, 5) is 13.6. The number of hydrogen-bond acceptors (Lipinski definition) is 5. The van der Waals surface area contributed by atoms with Gasteiger partial charge in [-0.15, -0.1) is 0 Å². The second-order valence-corrected chi connectivity index (χ2v) is 7.56. The Morgan fingerprint density at radius 1 is 1.04 bits per heavy atom. The van der Waals surface area contributed by atoms with E-state index in [1.54, 1.807) is 4.90 Å². The van der Waals surface area contributed by atoms with Gasteiger partial charge in [0.05, 0.1) is 12.7 Å². The van der Waals surface area contributed by atoms with E-state index in [0.29, 0.717) is 12.3 Å². The molecule has 7 heteroatoms. The van der Waals surface area contributed by atoms with Gasteiger partial charge < -0.3 is 9.64 Å². The van der Waals surface area contributed by atoms with Gasteiger partial charge >= 0.3 is 0 Å². The summed E-state index contributed by atoms with van der Waals surface area (Å²) in [7, 11) is -3.56. The van der Waals surface area contributed by atoms with Gasteiger partial charge in [-0.3, -0.25) is 8.98 Å². The van der Waals surface area contributed by atoms with Crippen LogP contribution in [0, 0.1) is 0 Å². The van der Waals surface area contributed by atoms with Crippen LogP contribution in [-0.4, -0.2) is 38.1 Å².